The molecular weight excluding hydrogens is 319 g/mol. The van der Waals surface area contributed by atoms with E-state index in [0.29, 0.717) is 21.6 Å². The van der Waals surface area contributed by atoms with Gasteiger partial charge in [-0.2, -0.15) is 0 Å². The zero-order chi connectivity index (χ0) is 13.3. The van der Waals surface area contributed by atoms with Crippen molar-refractivity contribution in [1.29, 1.82) is 0 Å². The molecule has 0 heterocycles. The Kier molecular flexibility index (Phi) is 6.25. The summed E-state index contributed by atoms with van der Waals surface area (Å²) in [5.41, 5.74) is 0. The van der Waals surface area contributed by atoms with Gasteiger partial charge >= 0.3 is 125 Å². The van der Waals surface area contributed by atoms with Crippen molar-refractivity contribution in [1.82, 2.24) is 0 Å². The minimum absolute atomic E-state index is 0.332. The molecule has 1 nitrogen and oxygen atoms in total. The van der Waals surface area contributed by atoms with Crippen molar-refractivity contribution < 1.29 is 4.74 Å². The molecule has 0 saturated heterocycles. The first-order chi connectivity index (χ1) is 9.38. The molecule has 0 aliphatic carbocycles. The molecule has 2 aromatic rings. The van der Waals surface area contributed by atoms with Crippen LogP contribution >= 0.6 is 11.8 Å². The van der Waals surface area contributed by atoms with Gasteiger partial charge in [-0.3, -0.25) is 0 Å². The van der Waals surface area contributed by atoms with Crippen LogP contribution in [0.3, 0.4) is 0 Å². The third-order valence-electron chi connectivity index (χ3n) is 2.35. The summed E-state index contributed by atoms with van der Waals surface area (Å²) in [5, 5.41) is 2.23. The minimum atomic E-state index is 0.332. The van der Waals surface area contributed by atoms with Crippen LogP contribution in [0.5, 0.6) is 0 Å². The number of methoxy groups -OCH3 is 1. The molecule has 0 spiro atoms. The van der Waals surface area contributed by atoms with E-state index in [0.717, 1.165) is 0 Å². The molecule has 0 aromatic heterocycles. The van der Waals surface area contributed by atoms with Crippen LogP contribution in [0.4, 0.5) is 0 Å². The summed E-state index contributed by atoms with van der Waals surface area (Å²) in [7, 11) is 1.75. The van der Waals surface area contributed by atoms with Gasteiger partial charge in [-0.15, -0.1) is 0 Å². The topological polar surface area (TPSA) is 9.23 Å². The normalized spacial score (nSPS) is 11.5. The van der Waals surface area contributed by atoms with Crippen LogP contribution in [0.1, 0.15) is 0 Å². The molecule has 0 N–H and O–H groups in total. The van der Waals surface area contributed by atoms with Crippen molar-refractivity contribution in [2.75, 3.05) is 13.7 Å². The SMILES string of the molecule is COC/C(=C/Sc1ccccc1)[Se]c1ccccc1. The monoisotopic (exact) mass is 336 g/mol. The number of hydrogen-bond donors (Lipinski definition) is 0. The summed E-state index contributed by atoms with van der Waals surface area (Å²) in [6.45, 7) is 0.703. The zero-order valence-electron chi connectivity index (χ0n) is 10.8. The summed E-state index contributed by atoms with van der Waals surface area (Å²) in [4.78, 5) is 1.26. The fourth-order valence-electron chi connectivity index (χ4n) is 1.50. The first-order valence-corrected chi connectivity index (χ1v) is 8.60. The van der Waals surface area contributed by atoms with E-state index in [1.54, 1.807) is 18.9 Å². The van der Waals surface area contributed by atoms with Crippen molar-refractivity contribution in [2.45, 2.75) is 4.90 Å². The average molecular weight is 335 g/mol. The van der Waals surface area contributed by atoms with Gasteiger partial charge in [0.05, 0.1) is 0 Å². The summed E-state index contributed by atoms with van der Waals surface area (Å²) in [6, 6.07) is 21.0. The van der Waals surface area contributed by atoms with Gasteiger partial charge in [0, 0.05) is 0 Å². The molecule has 98 valence electrons. The van der Waals surface area contributed by atoms with Crippen LogP contribution < -0.4 is 4.46 Å². The van der Waals surface area contributed by atoms with Gasteiger partial charge in [0.2, 0.25) is 0 Å². The first-order valence-electron chi connectivity index (χ1n) is 6.01. The van der Waals surface area contributed by atoms with Gasteiger partial charge in [0.25, 0.3) is 0 Å². The predicted molar refractivity (Wildman–Crippen MR) is 84.1 cm³/mol. The summed E-state index contributed by atoms with van der Waals surface area (Å²) < 4.78 is 8.04. The Morgan fingerprint density at radius 2 is 1.68 bits per heavy atom. The summed E-state index contributed by atoms with van der Waals surface area (Å²) in [5.74, 6) is 0. The van der Waals surface area contributed by atoms with Crippen molar-refractivity contribution >= 4 is 31.2 Å². The number of thioether (sulfide) groups is 1. The van der Waals surface area contributed by atoms with Crippen LogP contribution in [-0.2, 0) is 4.74 Å². The third-order valence-corrected chi connectivity index (χ3v) is 5.74. The van der Waals surface area contributed by atoms with E-state index in [4.69, 9.17) is 4.74 Å². The molecule has 0 amide bonds. The molecule has 2 aromatic carbocycles. The van der Waals surface area contributed by atoms with E-state index in [2.05, 4.69) is 60.0 Å². The van der Waals surface area contributed by atoms with E-state index < -0.39 is 0 Å². The molecule has 0 bridgehead atoms. The van der Waals surface area contributed by atoms with E-state index >= 15 is 0 Å². The summed E-state index contributed by atoms with van der Waals surface area (Å²) >= 11 is 2.09. The van der Waals surface area contributed by atoms with E-state index in [9.17, 15) is 0 Å². The van der Waals surface area contributed by atoms with Gasteiger partial charge in [0.15, 0.2) is 0 Å². The molecular formula is C16H16OSSe. The van der Waals surface area contributed by atoms with Crippen molar-refractivity contribution in [2.24, 2.45) is 0 Å². The fraction of sp³-hybridized carbons (Fsp3) is 0.125. The maximum atomic E-state index is 5.30. The van der Waals surface area contributed by atoms with Gasteiger partial charge < -0.3 is 0 Å². The number of hydrogen-bond acceptors (Lipinski definition) is 2. The van der Waals surface area contributed by atoms with Crippen LogP contribution in [-0.4, -0.2) is 28.7 Å². The van der Waals surface area contributed by atoms with E-state index in [-0.39, 0.29) is 0 Å². The van der Waals surface area contributed by atoms with Gasteiger partial charge in [-0.05, 0) is 0 Å². The van der Waals surface area contributed by atoms with E-state index in [1.807, 2.05) is 6.07 Å². The Hall–Kier alpha value is -0.991. The van der Waals surface area contributed by atoms with Crippen molar-refractivity contribution in [3.8, 4) is 0 Å². The molecule has 0 fully saturated rings. The van der Waals surface area contributed by atoms with Gasteiger partial charge in [-0.1, -0.05) is 0 Å². The Bertz CT molecular complexity index is 511. The van der Waals surface area contributed by atoms with Crippen LogP contribution in [0.2, 0.25) is 0 Å². The van der Waals surface area contributed by atoms with Crippen molar-refractivity contribution in [3.63, 3.8) is 0 Å². The number of ether oxygens (including phenoxy) is 1. The molecule has 0 atom stereocenters. The molecule has 2 rings (SSSR count). The molecule has 0 aliphatic heterocycles. The second-order valence-electron chi connectivity index (χ2n) is 3.86. The Balaban J connectivity index is 2.03. The Morgan fingerprint density at radius 3 is 2.32 bits per heavy atom. The molecule has 0 aliphatic rings. The number of benzene rings is 2. The van der Waals surface area contributed by atoms with Crippen LogP contribution in [0.25, 0.3) is 0 Å². The quantitative estimate of drug-likeness (QED) is 0.592. The molecule has 3 heteroatoms. The van der Waals surface area contributed by atoms with Crippen LogP contribution in [0, 0.1) is 0 Å². The van der Waals surface area contributed by atoms with Crippen LogP contribution in [0.15, 0.2) is 75.4 Å². The molecule has 0 saturated carbocycles. The maximum absolute atomic E-state index is 5.30. The average Bonchev–Trinajstić information content (AvgIpc) is 2.47. The second kappa shape index (κ2) is 8.23. The van der Waals surface area contributed by atoms with E-state index in [1.165, 1.54) is 13.8 Å². The van der Waals surface area contributed by atoms with Gasteiger partial charge in [0.1, 0.15) is 0 Å². The first kappa shape index (κ1) is 14.4. The molecule has 19 heavy (non-hydrogen) atoms. The second-order valence-corrected chi connectivity index (χ2v) is 7.32. The number of rotatable bonds is 6. The Morgan fingerprint density at radius 1 is 1.05 bits per heavy atom. The molecule has 0 unspecified atom stereocenters. The Labute approximate surface area is 125 Å². The fourth-order valence-corrected chi connectivity index (χ4v) is 4.43. The van der Waals surface area contributed by atoms with Gasteiger partial charge in [-0.25, -0.2) is 0 Å². The van der Waals surface area contributed by atoms with Crippen molar-refractivity contribution in [3.05, 3.63) is 70.5 Å². The predicted octanol–water partition coefficient (Wildman–Crippen LogP) is 3.30. The summed E-state index contributed by atoms with van der Waals surface area (Å²) in [6.07, 6.45) is 0. The zero-order valence-corrected chi connectivity index (χ0v) is 13.3. The third kappa shape index (κ3) is 5.25. The standard InChI is InChI=1S/C16H16OSSe/c1-17-12-16(19-15-10-6-3-7-11-15)13-18-14-8-4-2-5-9-14/h2-11,13H,12H2,1H3/b16-13-. The molecule has 0 radical (unpaired) electrons.